The maximum atomic E-state index is 10.00. The molecule has 0 amide bonds. The van der Waals surface area contributed by atoms with Gasteiger partial charge in [0.05, 0.1) is 6.10 Å². The van der Waals surface area contributed by atoms with Crippen LogP contribution in [-0.4, -0.2) is 60.3 Å². The van der Waals surface area contributed by atoms with E-state index in [1.807, 2.05) is 0 Å². The molecule has 0 aromatic carbocycles. The standard InChI is InChI=1S/C12H26N2O/c1-5-10(2)12(15)9-14-7-6-13(4)8-11(14)3/h10-12,15H,5-9H2,1-4H3. The monoisotopic (exact) mass is 214 g/mol. The van der Waals surface area contributed by atoms with Crippen molar-refractivity contribution in [2.24, 2.45) is 5.92 Å². The van der Waals surface area contributed by atoms with E-state index in [2.05, 4.69) is 37.6 Å². The van der Waals surface area contributed by atoms with Gasteiger partial charge in [-0.3, -0.25) is 4.90 Å². The number of rotatable bonds is 4. The lowest BCUT2D eigenvalue weighted by Crippen LogP contribution is -2.53. The molecule has 3 unspecified atom stereocenters. The maximum absolute atomic E-state index is 10.00. The third-order valence-corrected chi connectivity index (χ3v) is 3.69. The van der Waals surface area contributed by atoms with Gasteiger partial charge >= 0.3 is 0 Å². The van der Waals surface area contributed by atoms with Crippen molar-refractivity contribution >= 4 is 0 Å². The van der Waals surface area contributed by atoms with Gasteiger partial charge in [0.1, 0.15) is 0 Å². The highest BCUT2D eigenvalue weighted by Crippen LogP contribution is 2.13. The third-order valence-electron chi connectivity index (χ3n) is 3.69. The molecule has 0 aromatic rings. The van der Waals surface area contributed by atoms with E-state index >= 15 is 0 Å². The minimum atomic E-state index is -0.166. The summed E-state index contributed by atoms with van der Waals surface area (Å²) in [5, 5.41) is 10.00. The first-order valence-corrected chi connectivity index (χ1v) is 6.15. The van der Waals surface area contributed by atoms with Crippen LogP contribution < -0.4 is 0 Å². The van der Waals surface area contributed by atoms with E-state index in [0.717, 1.165) is 32.6 Å². The number of hydrogen-bond donors (Lipinski definition) is 1. The Bertz CT molecular complexity index is 186. The van der Waals surface area contributed by atoms with Crippen LogP contribution in [0, 0.1) is 5.92 Å². The van der Waals surface area contributed by atoms with Gasteiger partial charge in [-0.2, -0.15) is 0 Å². The molecule has 0 bridgehead atoms. The summed E-state index contributed by atoms with van der Waals surface area (Å²) in [5.41, 5.74) is 0. The molecule has 3 atom stereocenters. The minimum Gasteiger partial charge on any atom is -0.392 e. The number of hydrogen-bond acceptors (Lipinski definition) is 3. The van der Waals surface area contributed by atoms with E-state index in [0.29, 0.717) is 12.0 Å². The van der Waals surface area contributed by atoms with E-state index in [4.69, 9.17) is 0 Å². The highest BCUT2D eigenvalue weighted by Gasteiger charge is 2.24. The van der Waals surface area contributed by atoms with Crippen LogP contribution in [0.2, 0.25) is 0 Å². The van der Waals surface area contributed by atoms with Crippen molar-refractivity contribution in [1.82, 2.24) is 9.80 Å². The van der Waals surface area contributed by atoms with Crippen molar-refractivity contribution in [1.29, 1.82) is 0 Å². The first-order valence-electron chi connectivity index (χ1n) is 6.15. The molecule has 90 valence electrons. The first kappa shape index (κ1) is 12.9. The number of nitrogens with zero attached hydrogens (tertiary/aromatic N) is 2. The van der Waals surface area contributed by atoms with Crippen LogP contribution in [0.1, 0.15) is 27.2 Å². The molecule has 1 fully saturated rings. The quantitative estimate of drug-likeness (QED) is 0.757. The first-order chi connectivity index (χ1) is 7.04. The van der Waals surface area contributed by atoms with Crippen LogP contribution >= 0.6 is 0 Å². The zero-order chi connectivity index (χ0) is 11.4. The van der Waals surface area contributed by atoms with Crippen LogP contribution in [0.3, 0.4) is 0 Å². The summed E-state index contributed by atoms with van der Waals surface area (Å²) in [6.07, 6.45) is 0.893. The van der Waals surface area contributed by atoms with Gasteiger partial charge in [0.15, 0.2) is 0 Å². The Morgan fingerprint density at radius 3 is 2.60 bits per heavy atom. The molecule has 3 heteroatoms. The molecule has 0 saturated carbocycles. The number of likely N-dealkylation sites (N-methyl/N-ethyl adjacent to an activating group) is 1. The Balaban J connectivity index is 2.37. The van der Waals surface area contributed by atoms with E-state index in [1.54, 1.807) is 0 Å². The summed E-state index contributed by atoms with van der Waals surface area (Å²) < 4.78 is 0. The largest absolute Gasteiger partial charge is 0.392 e. The molecule has 0 radical (unpaired) electrons. The highest BCUT2D eigenvalue weighted by molar-refractivity contribution is 4.80. The van der Waals surface area contributed by atoms with Gasteiger partial charge in [0.2, 0.25) is 0 Å². The molecule has 0 spiro atoms. The molecular weight excluding hydrogens is 188 g/mol. The number of aliphatic hydroxyl groups excluding tert-OH is 1. The fourth-order valence-corrected chi connectivity index (χ4v) is 2.14. The summed E-state index contributed by atoms with van der Waals surface area (Å²) in [6, 6.07) is 0.572. The summed E-state index contributed by atoms with van der Waals surface area (Å²) in [4.78, 5) is 4.77. The molecule has 15 heavy (non-hydrogen) atoms. The van der Waals surface area contributed by atoms with Gasteiger partial charge in [0, 0.05) is 32.2 Å². The van der Waals surface area contributed by atoms with Gasteiger partial charge in [-0.15, -0.1) is 0 Å². The lowest BCUT2D eigenvalue weighted by atomic mass is 10.0. The Morgan fingerprint density at radius 1 is 1.40 bits per heavy atom. The lowest BCUT2D eigenvalue weighted by molar-refractivity contribution is 0.0248. The Hall–Kier alpha value is -0.120. The second kappa shape index (κ2) is 5.83. The van der Waals surface area contributed by atoms with Crippen LogP contribution in [0.25, 0.3) is 0 Å². The SMILES string of the molecule is CCC(C)C(O)CN1CCN(C)CC1C. The van der Waals surface area contributed by atoms with Crippen LogP contribution in [0.5, 0.6) is 0 Å². The van der Waals surface area contributed by atoms with E-state index in [-0.39, 0.29) is 6.10 Å². The van der Waals surface area contributed by atoms with Crippen molar-refractivity contribution in [3.63, 3.8) is 0 Å². The predicted octanol–water partition coefficient (Wildman–Crippen LogP) is 1.03. The smallest absolute Gasteiger partial charge is 0.0692 e. The van der Waals surface area contributed by atoms with Crippen molar-refractivity contribution in [3.8, 4) is 0 Å². The fraction of sp³-hybridized carbons (Fsp3) is 1.00. The van der Waals surface area contributed by atoms with Gasteiger partial charge in [0.25, 0.3) is 0 Å². The maximum Gasteiger partial charge on any atom is 0.0692 e. The van der Waals surface area contributed by atoms with Gasteiger partial charge < -0.3 is 10.0 Å². The van der Waals surface area contributed by atoms with Crippen molar-refractivity contribution < 1.29 is 5.11 Å². The van der Waals surface area contributed by atoms with E-state index in [1.165, 1.54) is 0 Å². The Kier molecular flexibility index (Phi) is 5.03. The van der Waals surface area contributed by atoms with Crippen molar-refractivity contribution in [2.45, 2.75) is 39.3 Å². The third kappa shape index (κ3) is 3.74. The van der Waals surface area contributed by atoms with Crippen LogP contribution in [0.4, 0.5) is 0 Å². The molecule has 0 aliphatic carbocycles. The minimum absolute atomic E-state index is 0.166. The zero-order valence-corrected chi connectivity index (χ0v) is 10.6. The molecular formula is C12H26N2O. The molecule has 1 aliphatic heterocycles. The fourth-order valence-electron chi connectivity index (χ4n) is 2.14. The molecule has 1 saturated heterocycles. The Morgan fingerprint density at radius 2 is 2.07 bits per heavy atom. The van der Waals surface area contributed by atoms with Crippen LogP contribution in [0.15, 0.2) is 0 Å². The number of β-amino-alcohol motifs (C(OH)–C–C–N with tert-alkyl or cyclic N) is 1. The van der Waals surface area contributed by atoms with Crippen LogP contribution in [-0.2, 0) is 0 Å². The highest BCUT2D eigenvalue weighted by atomic mass is 16.3. The molecule has 3 nitrogen and oxygen atoms in total. The average Bonchev–Trinajstić information content (AvgIpc) is 2.20. The molecule has 1 rings (SSSR count). The van der Waals surface area contributed by atoms with E-state index in [9.17, 15) is 5.11 Å². The second-order valence-electron chi connectivity index (χ2n) is 5.06. The number of piperazine rings is 1. The second-order valence-corrected chi connectivity index (χ2v) is 5.06. The topological polar surface area (TPSA) is 26.7 Å². The zero-order valence-electron chi connectivity index (χ0n) is 10.6. The number of aliphatic hydroxyl groups is 1. The molecule has 1 N–H and O–H groups in total. The Labute approximate surface area is 94.1 Å². The van der Waals surface area contributed by atoms with Gasteiger partial charge in [-0.05, 0) is 19.9 Å². The predicted molar refractivity (Wildman–Crippen MR) is 64.0 cm³/mol. The molecule has 0 aromatic heterocycles. The van der Waals surface area contributed by atoms with Crippen molar-refractivity contribution in [2.75, 3.05) is 33.2 Å². The van der Waals surface area contributed by atoms with Gasteiger partial charge in [-0.1, -0.05) is 20.3 Å². The summed E-state index contributed by atoms with van der Waals surface area (Å²) >= 11 is 0. The summed E-state index contributed by atoms with van der Waals surface area (Å²) in [5.74, 6) is 0.414. The van der Waals surface area contributed by atoms with Gasteiger partial charge in [-0.25, -0.2) is 0 Å². The van der Waals surface area contributed by atoms with E-state index < -0.39 is 0 Å². The molecule has 1 aliphatic rings. The molecule has 1 heterocycles. The summed E-state index contributed by atoms with van der Waals surface area (Å²) in [6.45, 7) is 10.7. The normalized spacial score (nSPS) is 29.0. The summed E-state index contributed by atoms with van der Waals surface area (Å²) in [7, 11) is 2.17. The average molecular weight is 214 g/mol. The lowest BCUT2D eigenvalue weighted by Gasteiger charge is -2.39. The van der Waals surface area contributed by atoms with Crippen molar-refractivity contribution in [3.05, 3.63) is 0 Å².